The second kappa shape index (κ2) is 10.8. The molecule has 1 aromatic heterocycles. The lowest BCUT2D eigenvalue weighted by atomic mass is 9.93. The first kappa shape index (κ1) is 21.9. The van der Waals surface area contributed by atoms with Crippen molar-refractivity contribution in [2.45, 2.75) is 45.2 Å². The number of rotatable bonds is 8. The number of nitrogens with zero attached hydrogens (tertiary/aromatic N) is 3. The predicted octanol–water partition coefficient (Wildman–Crippen LogP) is 3.08. The van der Waals surface area contributed by atoms with Crippen molar-refractivity contribution in [2.24, 2.45) is 10.9 Å². The van der Waals surface area contributed by atoms with Crippen molar-refractivity contribution in [2.75, 3.05) is 39.8 Å². The number of aromatic nitrogens is 1. The first-order valence-corrected chi connectivity index (χ1v) is 10.4. The Morgan fingerprint density at radius 2 is 2.00 bits per heavy atom. The minimum Gasteiger partial charge on any atom is -0.356 e. The summed E-state index contributed by atoms with van der Waals surface area (Å²) in [6.45, 7) is 3.96. The zero-order chi connectivity index (χ0) is 19.7. The molecule has 1 saturated heterocycles. The van der Waals surface area contributed by atoms with Gasteiger partial charge in [-0.05, 0) is 44.7 Å². The van der Waals surface area contributed by atoms with E-state index >= 15 is 0 Å². The van der Waals surface area contributed by atoms with Crippen LogP contribution in [-0.2, 0) is 12.8 Å². The van der Waals surface area contributed by atoms with E-state index in [0.717, 1.165) is 56.2 Å². The molecule has 0 aromatic carbocycles. The number of piperidine rings is 1. The monoisotopic (exact) mass is 405 g/mol. The highest BCUT2D eigenvalue weighted by atomic mass is 32.1. The van der Waals surface area contributed by atoms with Gasteiger partial charge in [0.15, 0.2) is 5.96 Å². The third kappa shape index (κ3) is 8.47. The first-order chi connectivity index (χ1) is 12.9. The number of halogens is 3. The maximum absolute atomic E-state index is 12.4. The zero-order valence-electron chi connectivity index (χ0n) is 16.1. The highest BCUT2D eigenvalue weighted by Crippen LogP contribution is 2.23. The molecule has 5 nitrogen and oxygen atoms in total. The Morgan fingerprint density at radius 1 is 1.30 bits per heavy atom. The van der Waals surface area contributed by atoms with E-state index in [2.05, 4.69) is 27.5 Å². The first-order valence-electron chi connectivity index (χ1n) is 9.56. The molecular weight excluding hydrogens is 375 g/mol. The number of nitrogens with one attached hydrogen (secondary N) is 2. The summed E-state index contributed by atoms with van der Waals surface area (Å²) in [5, 5.41) is 7.71. The maximum atomic E-state index is 12.4. The molecule has 2 heterocycles. The van der Waals surface area contributed by atoms with Gasteiger partial charge < -0.3 is 10.6 Å². The second-order valence-corrected chi connectivity index (χ2v) is 8.07. The van der Waals surface area contributed by atoms with Crippen LogP contribution in [0.25, 0.3) is 0 Å². The molecule has 1 aromatic rings. The number of aliphatic imine (C=N–C) groups is 1. The van der Waals surface area contributed by atoms with Crippen molar-refractivity contribution in [3.63, 3.8) is 0 Å². The fourth-order valence-electron chi connectivity index (χ4n) is 3.22. The molecule has 2 rings (SSSR count). The minimum atomic E-state index is -4.09. The smallest absolute Gasteiger partial charge is 0.356 e. The molecule has 27 heavy (non-hydrogen) atoms. The van der Waals surface area contributed by atoms with Gasteiger partial charge in [0.1, 0.15) is 0 Å². The molecule has 0 unspecified atom stereocenters. The summed E-state index contributed by atoms with van der Waals surface area (Å²) < 4.78 is 37.3. The van der Waals surface area contributed by atoms with Crippen LogP contribution in [0.1, 0.15) is 36.1 Å². The molecule has 0 saturated carbocycles. The Labute approximate surface area is 163 Å². The predicted molar refractivity (Wildman–Crippen MR) is 104 cm³/mol. The van der Waals surface area contributed by atoms with Crippen LogP contribution in [0.5, 0.6) is 0 Å². The van der Waals surface area contributed by atoms with Crippen LogP contribution in [0, 0.1) is 5.92 Å². The Kier molecular flexibility index (Phi) is 8.82. The highest BCUT2D eigenvalue weighted by Gasteiger charge is 2.32. The van der Waals surface area contributed by atoms with Gasteiger partial charge >= 0.3 is 6.18 Å². The fraction of sp³-hybridized carbons (Fsp3) is 0.778. The SMILES string of the molecule is CCc1cnc(CCNC(=NC)NCCC2CCN(CC(F)(F)F)CC2)s1. The number of likely N-dealkylation sites (tertiary alicyclic amines) is 1. The van der Waals surface area contributed by atoms with Crippen molar-refractivity contribution < 1.29 is 13.2 Å². The van der Waals surface area contributed by atoms with E-state index in [-0.39, 0.29) is 0 Å². The number of thiazole rings is 1. The third-order valence-corrected chi connectivity index (χ3v) is 5.96. The van der Waals surface area contributed by atoms with Gasteiger partial charge in [0.25, 0.3) is 0 Å². The van der Waals surface area contributed by atoms with Gasteiger partial charge in [-0.25, -0.2) is 4.98 Å². The summed E-state index contributed by atoms with van der Waals surface area (Å²) in [4.78, 5) is 11.4. The van der Waals surface area contributed by atoms with Crippen LogP contribution in [0.2, 0.25) is 0 Å². The average molecular weight is 406 g/mol. The quantitative estimate of drug-likeness (QED) is 0.516. The number of guanidine groups is 1. The van der Waals surface area contributed by atoms with Crippen LogP contribution in [0.4, 0.5) is 13.2 Å². The molecule has 0 bridgehead atoms. The highest BCUT2D eigenvalue weighted by molar-refractivity contribution is 7.11. The normalized spacial score (nSPS) is 17.3. The lowest BCUT2D eigenvalue weighted by molar-refractivity contribution is -0.148. The molecule has 1 aliphatic rings. The largest absolute Gasteiger partial charge is 0.401 e. The van der Waals surface area contributed by atoms with Crippen LogP contribution >= 0.6 is 11.3 Å². The molecule has 0 radical (unpaired) electrons. The molecule has 0 aliphatic carbocycles. The van der Waals surface area contributed by atoms with E-state index in [9.17, 15) is 13.2 Å². The van der Waals surface area contributed by atoms with Crippen molar-refractivity contribution in [3.05, 3.63) is 16.1 Å². The summed E-state index contributed by atoms with van der Waals surface area (Å²) in [6, 6.07) is 0. The minimum absolute atomic E-state index is 0.475. The van der Waals surface area contributed by atoms with Gasteiger partial charge in [-0.3, -0.25) is 9.89 Å². The van der Waals surface area contributed by atoms with Gasteiger partial charge in [0.2, 0.25) is 0 Å². The van der Waals surface area contributed by atoms with Gasteiger partial charge in [-0.2, -0.15) is 13.2 Å². The van der Waals surface area contributed by atoms with Crippen molar-refractivity contribution in [3.8, 4) is 0 Å². The Morgan fingerprint density at radius 3 is 2.59 bits per heavy atom. The summed E-state index contributed by atoms with van der Waals surface area (Å²) in [5.74, 6) is 1.24. The van der Waals surface area contributed by atoms with Gasteiger partial charge in [0.05, 0.1) is 11.6 Å². The van der Waals surface area contributed by atoms with E-state index in [1.165, 1.54) is 9.78 Å². The molecule has 1 aliphatic heterocycles. The fourth-order valence-corrected chi connectivity index (χ4v) is 4.08. The molecule has 0 atom stereocenters. The Bertz CT molecular complexity index is 580. The molecule has 0 spiro atoms. The average Bonchev–Trinajstić information content (AvgIpc) is 3.08. The number of hydrogen-bond donors (Lipinski definition) is 2. The molecule has 0 amide bonds. The van der Waals surface area contributed by atoms with E-state index < -0.39 is 12.7 Å². The molecular formula is C18H30F3N5S. The van der Waals surface area contributed by atoms with E-state index in [1.807, 2.05) is 6.20 Å². The molecule has 2 N–H and O–H groups in total. The van der Waals surface area contributed by atoms with E-state index in [4.69, 9.17) is 0 Å². The maximum Gasteiger partial charge on any atom is 0.401 e. The Balaban J connectivity index is 1.58. The Hall–Kier alpha value is -1.35. The van der Waals surface area contributed by atoms with Gasteiger partial charge in [-0.15, -0.1) is 11.3 Å². The van der Waals surface area contributed by atoms with Crippen LogP contribution in [0.15, 0.2) is 11.2 Å². The second-order valence-electron chi connectivity index (χ2n) is 6.87. The van der Waals surface area contributed by atoms with Crippen LogP contribution < -0.4 is 10.6 Å². The standard InChI is InChI=1S/C18H30F3N5S/c1-3-15-12-25-16(27-15)5-9-24-17(22-2)23-8-4-14-6-10-26(11-7-14)13-18(19,20)21/h12,14H,3-11,13H2,1-2H3,(H2,22,23,24). The molecule has 1 fully saturated rings. The zero-order valence-corrected chi connectivity index (χ0v) is 16.9. The number of aryl methyl sites for hydroxylation is 1. The van der Waals surface area contributed by atoms with Crippen molar-refractivity contribution in [1.29, 1.82) is 0 Å². The van der Waals surface area contributed by atoms with Crippen molar-refractivity contribution in [1.82, 2.24) is 20.5 Å². The van der Waals surface area contributed by atoms with Crippen LogP contribution in [-0.4, -0.2) is 61.8 Å². The third-order valence-electron chi connectivity index (χ3n) is 4.76. The topological polar surface area (TPSA) is 52.6 Å². The summed E-state index contributed by atoms with van der Waals surface area (Å²) in [7, 11) is 1.74. The number of alkyl halides is 3. The lowest BCUT2D eigenvalue weighted by Gasteiger charge is -2.32. The van der Waals surface area contributed by atoms with E-state index in [1.54, 1.807) is 18.4 Å². The summed E-state index contributed by atoms with van der Waals surface area (Å²) >= 11 is 1.75. The number of hydrogen-bond acceptors (Lipinski definition) is 4. The van der Waals surface area contributed by atoms with Gasteiger partial charge in [-0.1, -0.05) is 6.92 Å². The molecule has 154 valence electrons. The summed E-state index contributed by atoms with van der Waals surface area (Å²) in [6.07, 6.45) is 2.33. The van der Waals surface area contributed by atoms with Gasteiger partial charge in [0, 0.05) is 37.6 Å². The van der Waals surface area contributed by atoms with E-state index in [0.29, 0.717) is 19.0 Å². The summed E-state index contributed by atoms with van der Waals surface area (Å²) in [5.41, 5.74) is 0. The van der Waals surface area contributed by atoms with Crippen molar-refractivity contribution >= 4 is 17.3 Å². The molecule has 9 heteroatoms. The lowest BCUT2D eigenvalue weighted by Crippen LogP contribution is -2.42. The van der Waals surface area contributed by atoms with Crippen LogP contribution in [0.3, 0.4) is 0 Å².